The summed E-state index contributed by atoms with van der Waals surface area (Å²) in [4.78, 5) is 6.74. The van der Waals surface area contributed by atoms with Crippen LogP contribution in [0.15, 0.2) is 30.3 Å². The van der Waals surface area contributed by atoms with E-state index in [0.717, 1.165) is 23.7 Å². The average molecular weight is 270 g/mol. The quantitative estimate of drug-likeness (QED) is 0.567. The van der Waals surface area contributed by atoms with Gasteiger partial charge >= 0.3 is 0 Å². The number of aromatic nitrogens is 1. The van der Waals surface area contributed by atoms with Gasteiger partial charge in [-0.05, 0) is 25.0 Å². The van der Waals surface area contributed by atoms with Gasteiger partial charge in [0.2, 0.25) is 0 Å². The minimum Gasteiger partial charge on any atom is -0.395 e. The summed E-state index contributed by atoms with van der Waals surface area (Å²) in [5.74, 6) is 0.731. The van der Waals surface area contributed by atoms with Crippen LogP contribution in [0.4, 0.5) is 5.82 Å². The summed E-state index contributed by atoms with van der Waals surface area (Å²) in [6.07, 6.45) is 2.21. The number of benzene rings is 1. The van der Waals surface area contributed by atoms with Gasteiger partial charge in [-0.2, -0.15) is 0 Å². The summed E-state index contributed by atoms with van der Waals surface area (Å²) in [6.45, 7) is 0.596. The van der Waals surface area contributed by atoms with Crippen molar-refractivity contribution in [1.29, 1.82) is 5.41 Å². The van der Waals surface area contributed by atoms with E-state index < -0.39 is 0 Å². The number of nitrogens with zero attached hydrogens (tertiary/aromatic N) is 2. The van der Waals surface area contributed by atoms with Crippen molar-refractivity contribution in [3.63, 3.8) is 0 Å². The molecule has 1 aromatic heterocycles. The number of aliphatic hydroxyl groups excluding tert-OH is 1. The molecule has 1 aliphatic carbocycles. The highest BCUT2D eigenvalue weighted by Crippen LogP contribution is 2.33. The zero-order chi connectivity index (χ0) is 14.1. The van der Waals surface area contributed by atoms with Crippen molar-refractivity contribution in [2.24, 2.45) is 5.73 Å². The molecule has 0 spiro atoms. The standard InChI is InChI=1S/C15H18N4O/c16-14(17)12-9-10-3-1-2-4-13(10)18-15(12)19(7-8-20)11-5-6-11/h1-4,9,11,20H,5-8H2,(H3,16,17). The number of hydrogen-bond donors (Lipinski definition) is 3. The predicted octanol–water partition coefficient (Wildman–Crippen LogP) is 1.48. The number of fused-ring (bicyclic) bond motifs is 1. The Hall–Kier alpha value is -2.14. The maximum atomic E-state index is 9.26. The fourth-order valence-electron chi connectivity index (χ4n) is 2.48. The second-order valence-corrected chi connectivity index (χ2v) is 5.11. The minimum atomic E-state index is 0.0156. The highest BCUT2D eigenvalue weighted by atomic mass is 16.3. The van der Waals surface area contributed by atoms with E-state index in [0.29, 0.717) is 24.0 Å². The predicted molar refractivity (Wildman–Crippen MR) is 80.2 cm³/mol. The summed E-state index contributed by atoms with van der Waals surface area (Å²) in [6, 6.07) is 10.1. The third kappa shape index (κ3) is 2.32. The van der Waals surface area contributed by atoms with Gasteiger partial charge in [0.05, 0.1) is 17.7 Å². The van der Waals surface area contributed by atoms with Crippen LogP contribution >= 0.6 is 0 Å². The highest BCUT2D eigenvalue weighted by molar-refractivity contribution is 6.03. The number of pyridine rings is 1. The van der Waals surface area contributed by atoms with Crippen molar-refractivity contribution in [1.82, 2.24) is 4.98 Å². The summed E-state index contributed by atoms with van der Waals surface area (Å²) >= 11 is 0. The Morgan fingerprint density at radius 2 is 2.15 bits per heavy atom. The van der Waals surface area contributed by atoms with Gasteiger partial charge in [-0.25, -0.2) is 4.98 Å². The van der Waals surface area contributed by atoms with Crippen LogP contribution < -0.4 is 10.6 Å². The molecule has 5 heteroatoms. The van der Waals surface area contributed by atoms with Gasteiger partial charge in [-0.15, -0.1) is 0 Å². The van der Waals surface area contributed by atoms with Crippen LogP contribution in [-0.4, -0.2) is 35.1 Å². The molecule has 20 heavy (non-hydrogen) atoms. The first kappa shape index (κ1) is 12.9. The molecule has 0 radical (unpaired) electrons. The Labute approximate surface area is 117 Å². The van der Waals surface area contributed by atoms with Crippen LogP contribution in [0.2, 0.25) is 0 Å². The Morgan fingerprint density at radius 3 is 2.80 bits per heavy atom. The van der Waals surface area contributed by atoms with E-state index in [9.17, 15) is 5.11 Å². The molecule has 0 aliphatic heterocycles. The van der Waals surface area contributed by atoms with Crippen molar-refractivity contribution in [3.05, 3.63) is 35.9 Å². The van der Waals surface area contributed by atoms with Crippen LogP contribution in [0.5, 0.6) is 0 Å². The monoisotopic (exact) mass is 270 g/mol. The Morgan fingerprint density at radius 1 is 1.40 bits per heavy atom. The fourth-order valence-corrected chi connectivity index (χ4v) is 2.48. The van der Waals surface area contributed by atoms with E-state index in [-0.39, 0.29) is 12.4 Å². The normalized spacial score (nSPS) is 14.4. The first-order valence-electron chi connectivity index (χ1n) is 6.82. The molecule has 0 amide bonds. The molecule has 1 aromatic carbocycles. The van der Waals surface area contributed by atoms with Crippen molar-refractivity contribution >= 4 is 22.6 Å². The molecule has 0 atom stereocenters. The lowest BCUT2D eigenvalue weighted by atomic mass is 10.1. The summed E-state index contributed by atoms with van der Waals surface area (Å²) in [7, 11) is 0. The van der Waals surface area contributed by atoms with Gasteiger partial charge < -0.3 is 15.7 Å². The van der Waals surface area contributed by atoms with Crippen LogP contribution in [0.25, 0.3) is 10.9 Å². The molecule has 0 bridgehead atoms. The molecule has 3 rings (SSSR count). The molecule has 2 aromatic rings. The van der Waals surface area contributed by atoms with Crippen molar-refractivity contribution in [2.75, 3.05) is 18.1 Å². The fraction of sp³-hybridized carbons (Fsp3) is 0.333. The molecular formula is C15H18N4O. The minimum absolute atomic E-state index is 0.0156. The molecule has 1 saturated carbocycles. The second-order valence-electron chi connectivity index (χ2n) is 5.11. The highest BCUT2D eigenvalue weighted by Gasteiger charge is 2.31. The number of nitrogen functional groups attached to an aromatic ring is 1. The lowest BCUT2D eigenvalue weighted by molar-refractivity contribution is 0.301. The van der Waals surface area contributed by atoms with Gasteiger partial charge in [0.25, 0.3) is 0 Å². The molecule has 5 nitrogen and oxygen atoms in total. The number of anilines is 1. The summed E-state index contributed by atoms with van der Waals surface area (Å²) < 4.78 is 0. The number of para-hydroxylation sites is 1. The number of hydrogen-bond acceptors (Lipinski definition) is 4. The van der Waals surface area contributed by atoms with Gasteiger partial charge in [-0.3, -0.25) is 5.41 Å². The third-order valence-electron chi connectivity index (χ3n) is 3.59. The first-order chi connectivity index (χ1) is 9.70. The zero-order valence-corrected chi connectivity index (χ0v) is 11.2. The number of nitrogens with two attached hydrogens (primary N) is 1. The Bertz CT molecular complexity index is 651. The van der Waals surface area contributed by atoms with Crippen molar-refractivity contribution in [3.8, 4) is 0 Å². The van der Waals surface area contributed by atoms with Crippen molar-refractivity contribution < 1.29 is 5.11 Å². The van der Waals surface area contributed by atoms with Gasteiger partial charge in [0.15, 0.2) is 0 Å². The van der Waals surface area contributed by atoms with Gasteiger partial charge in [0.1, 0.15) is 11.7 Å². The number of amidine groups is 1. The molecule has 1 heterocycles. The molecule has 4 N–H and O–H groups in total. The van der Waals surface area contributed by atoms with Gasteiger partial charge in [0, 0.05) is 18.0 Å². The van der Waals surface area contributed by atoms with E-state index in [2.05, 4.69) is 9.88 Å². The van der Waals surface area contributed by atoms with E-state index in [1.807, 2.05) is 30.3 Å². The van der Waals surface area contributed by atoms with Crippen molar-refractivity contribution in [2.45, 2.75) is 18.9 Å². The van der Waals surface area contributed by atoms with Crippen LogP contribution in [0.1, 0.15) is 18.4 Å². The smallest absolute Gasteiger partial charge is 0.140 e. The lowest BCUT2D eigenvalue weighted by Gasteiger charge is -2.25. The first-order valence-corrected chi connectivity index (χ1v) is 6.82. The van der Waals surface area contributed by atoms with Crippen LogP contribution in [0.3, 0.4) is 0 Å². The zero-order valence-electron chi connectivity index (χ0n) is 11.2. The Kier molecular flexibility index (Phi) is 3.28. The third-order valence-corrected chi connectivity index (χ3v) is 3.59. The van der Waals surface area contributed by atoms with E-state index >= 15 is 0 Å². The molecule has 1 fully saturated rings. The SMILES string of the molecule is N=C(N)c1cc2ccccc2nc1N(CCO)C1CC1. The van der Waals surface area contributed by atoms with Crippen LogP contribution in [-0.2, 0) is 0 Å². The Balaban J connectivity index is 2.15. The lowest BCUT2D eigenvalue weighted by Crippen LogP contribution is -2.32. The van der Waals surface area contributed by atoms with E-state index in [1.54, 1.807) is 0 Å². The average Bonchev–Trinajstić information content (AvgIpc) is 3.28. The maximum absolute atomic E-state index is 9.26. The van der Waals surface area contributed by atoms with Crippen LogP contribution in [0, 0.1) is 5.41 Å². The van der Waals surface area contributed by atoms with E-state index in [1.165, 1.54) is 0 Å². The number of rotatable bonds is 5. The molecular weight excluding hydrogens is 252 g/mol. The molecule has 0 unspecified atom stereocenters. The molecule has 104 valence electrons. The largest absolute Gasteiger partial charge is 0.395 e. The second kappa shape index (κ2) is 5.09. The summed E-state index contributed by atoms with van der Waals surface area (Å²) in [5, 5.41) is 18.0. The number of aliphatic hydroxyl groups is 1. The topological polar surface area (TPSA) is 86.2 Å². The van der Waals surface area contributed by atoms with E-state index in [4.69, 9.17) is 11.1 Å². The molecule has 0 saturated heterocycles. The number of nitrogens with one attached hydrogen (secondary N) is 1. The maximum Gasteiger partial charge on any atom is 0.140 e. The summed E-state index contributed by atoms with van der Waals surface area (Å²) in [5.41, 5.74) is 7.24. The van der Waals surface area contributed by atoms with Gasteiger partial charge in [-0.1, -0.05) is 18.2 Å². The molecule has 1 aliphatic rings.